The number of rotatable bonds is 7. The highest BCUT2D eigenvalue weighted by Crippen LogP contribution is 2.41. The number of aliphatic hydroxyl groups excluding tert-OH is 1. The van der Waals surface area contributed by atoms with Gasteiger partial charge in [-0.15, -0.1) is 0 Å². The van der Waals surface area contributed by atoms with E-state index in [1.165, 1.54) is 0 Å². The number of hydrogen-bond donors (Lipinski definition) is 2. The van der Waals surface area contributed by atoms with Gasteiger partial charge in [0.1, 0.15) is 16.3 Å². The van der Waals surface area contributed by atoms with Gasteiger partial charge in [-0.1, -0.05) is 11.3 Å². The summed E-state index contributed by atoms with van der Waals surface area (Å²) in [7, 11) is 0. The summed E-state index contributed by atoms with van der Waals surface area (Å²) < 4.78 is 63.0. The Morgan fingerprint density at radius 2 is 2.00 bits per heavy atom. The van der Waals surface area contributed by atoms with Gasteiger partial charge in [-0.2, -0.15) is 23.3 Å². The van der Waals surface area contributed by atoms with Crippen molar-refractivity contribution in [2.24, 2.45) is 0 Å². The molecule has 4 heterocycles. The Labute approximate surface area is 218 Å². The van der Waals surface area contributed by atoms with Crippen LogP contribution >= 0.6 is 11.3 Å². The first-order chi connectivity index (χ1) is 18.3. The Balaban J connectivity index is 1.38. The van der Waals surface area contributed by atoms with Crippen molar-refractivity contribution in [2.75, 3.05) is 25.1 Å². The van der Waals surface area contributed by atoms with Crippen LogP contribution in [0, 0.1) is 5.82 Å². The van der Waals surface area contributed by atoms with Crippen molar-refractivity contribution in [3.63, 3.8) is 0 Å². The van der Waals surface area contributed by atoms with Crippen molar-refractivity contribution in [1.29, 1.82) is 0 Å². The lowest BCUT2D eigenvalue weighted by Gasteiger charge is -2.28. The summed E-state index contributed by atoms with van der Waals surface area (Å²) in [5, 5.41) is 17.0. The highest BCUT2D eigenvalue weighted by Gasteiger charge is 2.33. The Kier molecular flexibility index (Phi) is 6.52. The lowest BCUT2D eigenvalue weighted by molar-refractivity contribution is -0.137. The fraction of sp³-hybridized carbons (Fsp3) is 0.440. The third-order valence-electron chi connectivity index (χ3n) is 6.77. The molecule has 38 heavy (non-hydrogen) atoms. The number of benzene rings is 1. The lowest BCUT2D eigenvalue weighted by Crippen LogP contribution is -2.20. The maximum Gasteiger partial charge on any atom is 0.416 e. The van der Waals surface area contributed by atoms with Gasteiger partial charge in [0.15, 0.2) is 10.8 Å². The molecule has 13 heteroatoms. The van der Waals surface area contributed by atoms with Gasteiger partial charge < -0.3 is 15.2 Å². The summed E-state index contributed by atoms with van der Waals surface area (Å²) >= 11 is 1.16. The third-order valence-corrected chi connectivity index (χ3v) is 7.78. The monoisotopic (exact) mass is 548 g/mol. The average molecular weight is 549 g/mol. The minimum Gasteiger partial charge on any atom is -0.395 e. The van der Waals surface area contributed by atoms with Crippen LogP contribution in [-0.4, -0.2) is 49.6 Å². The molecule has 2 atom stereocenters. The van der Waals surface area contributed by atoms with E-state index >= 15 is 4.39 Å². The fourth-order valence-corrected chi connectivity index (χ4v) is 5.58. The number of alkyl halides is 3. The van der Waals surface area contributed by atoms with Crippen LogP contribution < -0.4 is 5.32 Å². The second kappa shape index (κ2) is 9.86. The maximum atomic E-state index is 15.1. The molecule has 4 aromatic rings. The second-order valence-corrected chi connectivity index (χ2v) is 10.5. The van der Waals surface area contributed by atoms with Crippen molar-refractivity contribution < 1.29 is 27.4 Å². The molecular weight excluding hydrogens is 524 g/mol. The molecule has 1 saturated carbocycles. The molecule has 0 radical (unpaired) electrons. The predicted octanol–water partition coefficient (Wildman–Crippen LogP) is 5.48. The quantitative estimate of drug-likeness (QED) is 0.295. The minimum absolute atomic E-state index is 0.0571. The van der Waals surface area contributed by atoms with Crippen molar-refractivity contribution in [1.82, 2.24) is 24.7 Å². The number of thiazole rings is 1. The average Bonchev–Trinajstić information content (AvgIpc) is 3.47. The Hall–Kier alpha value is -3.16. The smallest absolute Gasteiger partial charge is 0.395 e. The van der Waals surface area contributed by atoms with Crippen LogP contribution in [0.5, 0.6) is 0 Å². The van der Waals surface area contributed by atoms with Gasteiger partial charge in [0, 0.05) is 36.4 Å². The van der Waals surface area contributed by atoms with Crippen molar-refractivity contribution in [3.05, 3.63) is 53.4 Å². The molecule has 2 fully saturated rings. The van der Waals surface area contributed by atoms with Gasteiger partial charge in [0.25, 0.3) is 0 Å². The van der Waals surface area contributed by atoms with Crippen LogP contribution in [0.3, 0.4) is 0 Å². The molecule has 1 saturated heterocycles. The van der Waals surface area contributed by atoms with Gasteiger partial charge in [0.2, 0.25) is 0 Å². The normalized spacial score (nSPS) is 20.2. The maximum absolute atomic E-state index is 15.1. The number of ether oxygens (including phenoxy) is 1. The molecule has 200 valence electrons. The number of nitrogens with one attached hydrogen (secondary N) is 1. The number of fused-ring (bicyclic) bond motifs is 1. The predicted molar refractivity (Wildman–Crippen MR) is 132 cm³/mol. The fourth-order valence-electron chi connectivity index (χ4n) is 4.65. The summed E-state index contributed by atoms with van der Waals surface area (Å²) in [5.74, 6) is -0.718. The molecule has 6 rings (SSSR count). The Morgan fingerprint density at radius 1 is 1.16 bits per heavy atom. The van der Waals surface area contributed by atoms with E-state index in [1.54, 1.807) is 0 Å². The van der Waals surface area contributed by atoms with Gasteiger partial charge in [-0.3, -0.25) is 4.68 Å². The van der Waals surface area contributed by atoms with Crippen LogP contribution in [0.15, 0.2) is 30.6 Å². The molecule has 0 bridgehead atoms. The van der Waals surface area contributed by atoms with E-state index in [0.29, 0.717) is 52.9 Å². The van der Waals surface area contributed by atoms with Crippen LogP contribution in [0.25, 0.3) is 21.6 Å². The first-order valence-corrected chi connectivity index (χ1v) is 13.2. The molecule has 0 unspecified atom stereocenters. The molecule has 0 spiro atoms. The first kappa shape index (κ1) is 25.1. The number of anilines is 1. The number of aliphatic hydroxyl groups is 1. The lowest BCUT2D eigenvalue weighted by atomic mass is 9.92. The number of nitrogens with zero attached hydrogens (tertiary/aromatic N) is 5. The largest absolute Gasteiger partial charge is 0.416 e. The molecule has 3 aromatic heterocycles. The molecule has 0 amide bonds. The van der Waals surface area contributed by atoms with Crippen molar-refractivity contribution in [3.8, 4) is 11.3 Å². The molecule has 2 N–H and O–H groups in total. The molecule has 1 aromatic carbocycles. The number of halogens is 4. The SMILES string of the molecule is OCCNc1nc2nc([C@@H]3CCO[C@@H](c4cnn(C5CC5)c4)C3)nc(-c3ccc(C(F)(F)F)cc3F)c2s1. The molecular formula is C25H24F4N6O2S. The zero-order chi connectivity index (χ0) is 26.4. The van der Waals surface area contributed by atoms with Gasteiger partial charge >= 0.3 is 6.18 Å². The van der Waals surface area contributed by atoms with Gasteiger partial charge in [0.05, 0.1) is 36.2 Å². The molecule has 8 nitrogen and oxygen atoms in total. The topological polar surface area (TPSA) is 98.0 Å². The number of aromatic nitrogens is 5. The van der Waals surface area contributed by atoms with E-state index < -0.39 is 17.6 Å². The van der Waals surface area contributed by atoms with Crippen molar-refractivity contribution >= 4 is 26.8 Å². The summed E-state index contributed by atoms with van der Waals surface area (Å²) in [6.07, 6.45) is 2.41. The Morgan fingerprint density at radius 3 is 2.74 bits per heavy atom. The third kappa shape index (κ3) is 4.97. The van der Waals surface area contributed by atoms with E-state index in [-0.39, 0.29) is 36.4 Å². The Bertz CT molecular complexity index is 1470. The van der Waals surface area contributed by atoms with E-state index in [1.807, 2.05) is 17.1 Å². The number of hydrogen-bond acceptors (Lipinski definition) is 8. The summed E-state index contributed by atoms with van der Waals surface area (Å²) in [4.78, 5) is 13.9. The molecule has 1 aliphatic carbocycles. The second-order valence-electron chi connectivity index (χ2n) is 9.51. The van der Waals surface area contributed by atoms with Gasteiger partial charge in [-0.05, 0) is 43.9 Å². The standard InChI is InChI=1S/C25H24F4N6O2S/c26-18-10-15(25(27,28)29)1-4-17(18)20-21-23(34-24(38-21)30-6-7-36)33-22(32-20)13-5-8-37-19(9-13)14-11-31-35(12-14)16-2-3-16/h1,4,10-13,16,19,36H,2-3,5-9H2,(H,30,32,33,34)/t13-,19-/m1/s1. The van der Waals surface area contributed by atoms with E-state index in [0.717, 1.165) is 41.9 Å². The molecule has 1 aliphatic heterocycles. The molecule has 2 aliphatic rings. The van der Waals surface area contributed by atoms with Gasteiger partial charge in [-0.25, -0.2) is 14.4 Å². The first-order valence-electron chi connectivity index (χ1n) is 12.4. The van der Waals surface area contributed by atoms with Crippen LogP contribution in [-0.2, 0) is 10.9 Å². The highest BCUT2D eigenvalue weighted by molar-refractivity contribution is 7.22. The van der Waals surface area contributed by atoms with Crippen LogP contribution in [0.1, 0.15) is 60.7 Å². The summed E-state index contributed by atoms with van der Waals surface area (Å²) in [6, 6.07) is 2.88. The zero-order valence-corrected chi connectivity index (χ0v) is 20.9. The summed E-state index contributed by atoms with van der Waals surface area (Å²) in [5.41, 5.74) is 0.353. The van der Waals surface area contributed by atoms with E-state index in [9.17, 15) is 13.2 Å². The van der Waals surface area contributed by atoms with Crippen LogP contribution in [0.4, 0.5) is 22.7 Å². The zero-order valence-electron chi connectivity index (χ0n) is 20.1. The summed E-state index contributed by atoms with van der Waals surface area (Å²) in [6.45, 7) is 0.601. The van der Waals surface area contributed by atoms with Crippen LogP contribution in [0.2, 0.25) is 0 Å². The van der Waals surface area contributed by atoms with Crippen molar-refractivity contribution in [2.45, 2.75) is 49.9 Å². The van der Waals surface area contributed by atoms with E-state index in [2.05, 4.69) is 20.4 Å². The highest BCUT2D eigenvalue weighted by atomic mass is 32.1. The minimum atomic E-state index is -4.66. The van der Waals surface area contributed by atoms with E-state index in [4.69, 9.17) is 14.8 Å².